The van der Waals surface area contributed by atoms with Crippen molar-refractivity contribution in [3.05, 3.63) is 35.4 Å². The fourth-order valence-electron chi connectivity index (χ4n) is 3.52. The van der Waals surface area contributed by atoms with Gasteiger partial charge in [-0.15, -0.1) is 0 Å². The molecule has 0 aromatic heterocycles. The second-order valence-corrected chi connectivity index (χ2v) is 6.72. The largest absolute Gasteiger partial charge is 0.480 e. The number of aliphatic carboxylic acids is 1. The van der Waals surface area contributed by atoms with E-state index < -0.39 is 5.97 Å². The quantitative estimate of drug-likeness (QED) is 0.464. The molecular formula is C18H24N4O3. The second-order valence-electron chi connectivity index (χ2n) is 6.72. The van der Waals surface area contributed by atoms with Gasteiger partial charge in [-0.2, -0.15) is 5.10 Å². The molecular weight excluding hydrogens is 320 g/mol. The maximum atomic E-state index is 10.8. The maximum absolute atomic E-state index is 10.8. The van der Waals surface area contributed by atoms with Crippen LogP contribution < -0.4 is 5.84 Å². The zero-order chi connectivity index (χ0) is 17.6. The van der Waals surface area contributed by atoms with Crippen LogP contribution in [0.1, 0.15) is 36.8 Å². The molecule has 1 aromatic carbocycles. The monoisotopic (exact) mass is 344 g/mol. The summed E-state index contributed by atoms with van der Waals surface area (Å²) in [7, 11) is 0. The number of likely N-dealkylation sites (tertiary alicyclic amines) is 1. The number of oxime groups is 1. The van der Waals surface area contributed by atoms with Crippen molar-refractivity contribution in [1.29, 1.82) is 0 Å². The molecule has 0 bridgehead atoms. The first-order valence-corrected chi connectivity index (χ1v) is 8.64. The molecule has 1 unspecified atom stereocenters. The Morgan fingerprint density at radius 2 is 2.08 bits per heavy atom. The average molecular weight is 344 g/mol. The Bertz CT molecular complexity index is 649. The van der Waals surface area contributed by atoms with Crippen molar-refractivity contribution in [3.8, 4) is 0 Å². The Morgan fingerprint density at radius 3 is 2.72 bits per heavy atom. The van der Waals surface area contributed by atoms with Crippen LogP contribution in [-0.4, -0.2) is 53.6 Å². The van der Waals surface area contributed by atoms with Crippen LogP contribution in [-0.2, 0) is 9.63 Å². The highest BCUT2D eigenvalue weighted by Crippen LogP contribution is 2.27. The first-order valence-electron chi connectivity index (χ1n) is 8.64. The summed E-state index contributed by atoms with van der Waals surface area (Å²) in [5, 5.41) is 16.6. The number of hydrogen-bond donors (Lipinski definition) is 2. The van der Waals surface area contributed by atoms with E-state index in [1.165, 1.54) is 0 Å². The molecule has 1 saturated heterocycles. The van der Waals surface area contributed by atoms with Gasteiger partial charge < -0.3 is 15.8 Å². The molecule has 0 radical (unpaired) electrons. The molecule has 3 N–H and O–H groups in total. The van der Waals surface area contributed by atoms with Crippen molar-refractivity contribution in [3.63, 3.8) is 0 Å². The van der Waals surface area contributed by atoms with Gasteiger partial charge in [0.25, 0.3) is 0 Å². The van der Waals surface area contributed by atoms with E-state index in [2.05, 4.69) is 10.3 Å². The minimum atomic E-state index is -0.751. The Balaban J connectivity index is 1.46. The highest BCUT2D eigenvalue weighted by atomic mass is 16.6. The minimum Gasteiger partial charge on any atom is -0.480 e. The van der Waals surface area contributed by atoms with Gasteiger partial charge in [0.05, 0.1) is 18.5 Å². The molecule has 7 nitrogen and oxygen atoms in total. The van der Waals surface area contributed by atoms with Crippen LogP contribution in [0.15, 0.2) is 34.5 Å². The average Bonchev–Trinajstić information content (AvgIpc) is 3.06. The lowest BCUT2D eigenvalue weighted by atomic mass is 9.89. The molecule has 0 saturated carbocycles. The first-order chi connectivity index (χ1) is 12.1. The number of benzene rings is 1. The van der Waals surface area contributed by atoms with Gasteiger partial charge in [0.2, 0.25) is 0 Å². The third kappa shape index (κ3) is 4.79. The van der Waals surface area contributed by atoms with Gasteiger partial charge in [0, 0.05) is 6.42 Å². The zero-order valence-corrected chi connectivity index (χ0v) is 14.2. The number of carbonyl (C=O) groups is 1. The Hall–Kier alpha value is -2.41. The van der Waals surface area contributed by atoms with Crippen LogP contribution in [0.2, 0.25) is 0 Å². The minimum absolute atomic E-state index is 0.122. The molecule has 1 aromatic rings. The van der Waals surface area contributed by atoms with Crippen LogP contribution in [0.4, 0.5) is 0 Å². The summed E-state index contributed by atoms with van der Waals surface area (Å²) in [6.07, 6.45) is 5.57. The van der Waals surface area contributed by atoms with Crippen molar-refractivity contribution in [2.45, 2.75) is 31.8 Å². The van der Waals surface area contributed by atoms with Gasteiger partial charge in [0.1, 0.15) is 6.10 Å². The summed E-state index contributed by atoms with van der Waals surface area (Å²) >= 11 is 0. The Kier molecular flexibility index (Phi) is 5.65. The highest BCUT2D eigenvalue weighted by molar-refractivity contribution is 6.01. The predicted octanol–water partition coefficient (Wildman–Crippen LogP) is 1.66. The van der Waals surface area contributed by atoms with Crippen molar-refractivity contribution < 1.29 is 14.7 Å². The number of nitrogens with zero attached hydrogens (tertiary/aromatic N) is 3. The lowest BCUT2D eigenvalue weighted by Crippen LogP contribution is -2.38. The number of nitrogens with two attached hydrogens (primary N) is 1. The SMILES string of the molecule is NN=Cc1ccc(C2=NOC(CC3CCN(CC(=O)O)CC3)C2)cc1. The summed E-state index contributed by atoms with van der Waals surface area (Å²) in [5.41, 5.74) is 2.99. The predicted molar refractivity (Wildman–Crippen MR) is 95.7 cm³/mol. The van der Waals surface area contributed by atoms with Crippen LogP contribution in [0.5, 0.6) is 0 Å². The van der Waals surface area contributed by atoms with Gasteiger partial charge in [-0.1, -0.05) is 29.4 Å². The molecule has 134 valence electrons. The molecule has 0 amide bonds. The van der Waals surface area contributed by atoms with E-state index in [1.54, 1.807) is 6.21 Å². The molecule has 1 fully saturated rings. The lowest BCUT2D eigenvalue weighted by molar-refractivity contribution is -0.138. The van der Waals surface area contributed by atoms with E-state index in [9.17, 15) is 4.79 Å². The highest BCUT2D eigenvalue weighted by Gasteiger charge is 2.28. The summed E-state index contributed by atoms with van der Waals surface area (Å²) in [5.74, 6) is 4.98. The second kappa shape index (κ2) is 8.11. The number of piperidine rings is 1. The smallest absolute Gasteiger partial charge is 0.317 e. The number of hydrazone groups is 1. The third-order valence-corrected chi connectivity index (χ3v) is 4.86. The van der Waals surface area contributed by atoms with Gasteiger partial charge in [-0.25, -0.2) is 0 Å². The maximum Gasteiger partial charge on any atom is 0.317 e. The molecule has 3 rings (SSSR count). The molecule has 7 heteroatoms. The Labute approximate surface area is 147 Å². The van der Waals surface area contributed by atoms with Gasteiger partial charge in [-0.3, -0.25) is 9.69 Å². The Morgan fingerprint density at radius 1 is 1.36 bits per heavy atom. The van der Waals surface area contributed by atoms with E-state index >= 15 is 0 Å². The molecule has 2 aliphatic rings. The van der Waals surface area contributed by atoms with E-state index in [0.717, 1.165) is 55.6 Å². The molecule has 2 heterocycles. The van der Waals surface area contributed by atoms with Gasteiger partial charge in [-0.05, 0) is 49.4 Å². The van der Waals surface area contributed by atoms with Crippen molar-refractivity contribution in [1.82, 2.24) is 4.90 Å². The van der Waals surface area contributed by atoms with E-state index in [-0.39, 0.29) is 12.6 Å². The summed E-state index contributed by atoms with van der Waals surface area (Å²) in [6, 6.07) is 7.93. The number of carboxylic acids is 1. The molecule has 0 aliphatic carbocycles. The summed E-state index contributed by atoms with van der Waals surface area (Å²) < 4.78 is 0. The van der Waals surface area contributed by atoms with Crippen LogP contribution in [0.3, 0.4) is 0 Å². The number of hydrogen-bond acceptors (Lipinski definition) is 6. The summed E-state index contributed by atoms with van der Waals surface area (Å²) in [4.78, 5) is 18.4. The molecule has 2 aliphatic heterocycles. The fourth-order valence-corrected chi connectivity index (χ4v) is 3.52. The van der Waals surface area contributed by atoms with Gasteiger partial charge in [0.15, 0.2) is 0 Å². The molecule has 0 spiro atoms. The summed E-state index contributed by atoms with van der Waals surface area (Å²) in [6.45, 7) is 1.84. The van der Waals surface area contributed by atoms with Crippen LogP contribution in [0.25, 0.3) is 0 Å². The van der Waals surface area contributed by atoms with Crippen LogP contribution >= 0.6 is 0 Å². The van der Waals surface area contributed by atoms with E-state index in [4.69, 9.17) is 15.8 Å². The molecule has 1 atom stereocenters. The van der Waals surface area contributed by atoms with Crippen molar-refractivity contribution in [2.75, 3.05) is 19.6 Å². The van der Waals surface area contributed by atoms with E-state index in [1.807, 2.05) is 29.2 Å². The zero-order valence-electron chi connectivity index (χ0n) is 14.2. The topological polar surface area (TPSA) is 101 Å². The van der Waals surface area contributed by atoms with Gasteiger partial charge >= 0.3 is 5.97 Å². The van der Waals surface area contributed by atoms with Crippen molar-refractivity contribution in [2.24, 2.45) is 22.0 Å². The normalized spacial score (nSPS) is 22.1. The number of rotatable bonds is 6. The third-order valence-electron chi connectivity index (χ3n) is 4.86. The molecule has 25 heavy (non-hydrogen) atoms. The standard InChI is InChI=1S/C18H24N4O3/c19-20-11-14-1-3-15(4-2-14)17-10-16(25-21-17)9-13-5-7-22(8-6-13)12-18(23)24/h1-4,11,13,16H,5-10,12,19H2,(H,23,24). The van der Waals surface area contributed by atoms with Crippen LogP contribution in [0, 0.1) is 5.92 Å². The lowest BCUT2D eigenvalue weighted by Gasteiger charge is -2.31. The van der Waals surface area contributed by atoms with Crippen molar-refractivity contribution >= 4 is 17.9 Å². The van der Waals surface area contributed by atoms with E-state index in [0.29, 0.717) is 5.92 Å². The number of carboxylic acid groups (broad SMARTS) is 1. The fraction of sp³-hybridized carbons (Fsp3) is 0.500. The first kappa shape index (κ1) is 17.4.